The summed E-state index contributed by atoms with van der Waals surface area (Å²) in [5.41, 5.74) is 1.14. The van der Waals surface area contributed by atoms with Crippen LogP contribution in [0.5, 0.6) is 5.75 Å². The first kappa shape index (κ1) is 15.6. The number of aliphatic hydroxyl groups is 1. The van der Waals surface area contributed by atoms with Gasteiger partial charge in [0.1, 0.15) is 18.5 Å². The zero-order valence-electron chi connectivity index (χ0n) is 12.8. The van der Waals surface area contributed by atoms with Crippen LogP contribution in [0.25, 0.3) is 0 Å². The summed E-state index contributed by atoms with van der Waals surface area (Å²) in [6.45, 7) is 5.43. The first-order chi connectivity index (χ1) is 10.2. The summed E-state index contributed by atoms with van der Waals surface area (Å²) in [4.78, 5) is 4.39. The van der Waals surface area contributed by atoms with Crippen molar-refractivity contribution in [2.45, 2.75) is 38.8 Å². The fourth-order valence-electron chi connectivity index (χ4n) is 1.89. The molecule has 2 rings (SSSR count). The molecular weight excluding hydrogens is 266 g/mol. The topological polar surface area (TPSA) is 65.9 Å². The lowest BCUT2D eigenvalue weighted by Gasteiger charge is -2.13. The van der Waals surface area contributed by atoms with Crippen molar-refractivity contribution < 1.29 is 9.84 Å². The van der Waals surface area contributed by atoms with E-state index >= 15 is 0 Å². The second-order valence-corrected chi connectivity index (χ2v) is 5.42. The Morgan fingerprint density at radius 3 is 2.95 bits per heavy atom. The van der Waals surface area contributed by atoms with Gasteiger partial charge in [0.25, 0.3) is 0 Å². The van der Waals surface area contributed by atoms with E-state index in [9.17, 15) is 5.11 Å². The van der Waals surface area contributed by atoms with Gasteiger partial charge in [0.2, 0.25) is 0 Å². The van der Waals surface area contributed by atoms with Gasteiger partial charge >= 0.3 is 0 Å². The largest absolute Gasteiger partial charge is 0.491 e. The van der Waals surface area contributed by atoms with Crippen LogP contribution in [-0.4, -0.2) is 42.9 Å². The molecule has 0 spiro atoms. The van der Waals surface area contributed by atoms with Crippen molar-refractivity contribution in [2.24, 2.45) is 4.99 Å². The summed E-state index contributed by atoms with van der Waals surface area (Å²) in [7, 11) is 0. The van der Waals surface area contributed by atoms with E-state index in [1.54, 1.807) is 0 Å². The van der Waals surface area contributed by atoms with E-state index in [2.05, 4.69) is 15.6 Å². The number of hydrogen-bond donors (Lipinski definition) is 3. The second kappa shape index (κ2) is 7.88. The SMILES string of the molecule is CCNC(=NC[C@@H](O)COc1cccc(C)c1)NC1CC1. The third-order valence-electron chi connectivity index (χ3n) is 3.15. The zero-order chi connectivity index (χ0) is 15.1. The van der Waals surface area contributed by atoms with Gasteiger partial charge in [0.15, 0.2) is 5.96 Å². The monoisotopic (exact) mass is 291 g/mol. The molecule has 1 aliphatic rings. The van der Waals surface area contributed by atoms with Crippen LogP contribution >= 0.6 is 0 Å². The lowest BCUT2D eigenvalue weighted by Crippen LogP contribution is -2.39. The van der Waals surface area contributed by atoms with Crippen LogP contribution in [-0.2, 0) is 0 Å². The molecule has 0 unspecified atom stereocenters. The highest BCUT2D eigenvalue weighted by Gasteiger charge is 2.22. The molecule has 1 aromatic rings. The van der Waals surface area contributed by atoms with E-state index in [1.807, 2.05) is 38.1 Å². The lowest BCUT2D eigenvalue weighted by molar-refractivity contribution is 0.114. The maximum atomic E-state index is 9.96. The summed E-state index contributed by atoms with van der Waals surface area (Å²) in [5.74, 6) is 1.55. The maximum absolute atomic E-state index is 9.96. The smallest absolute Gasteiger partial charge is 0.191 e. The number of aliphatic hydroxyl groups excluding tert-OH is 1. The first-order valence-electron chi connectivity index (χ1n) is 7.59. The van der Waals surface area contributed by atoms with Crippen molar-refractivity contribution >= 4 is 5.96 Å². The Kier molecular flexibility index (Phi) is 5.87. The average molecular weight is 291 g/mol. The number of aliphatic imine (C=N–C) groups is 1. The average Bonchev–Trinajstić information content (AvgIpc) is 3.27. The first-order valence-corrected chi connectivity index (χ1v) is 7.59. The van der Waals surface area contributed by atoms with Crippen molar-refractivity contribution in [2.75, 3.05) is 19.7 Å². The Bertz CT molecular complexity index is 472. The Hall–Kier alpha value is -1.75. The molecule has 0 aromatic heterocycles. The normalized spacial score (nSPS) is 16.4. The van der Waals surface area contributed by atoms with Gasteiger partial charge in [-0.2, -0.15) is 0 Å². The van der Waals surface area contributed by atoms with E-state index < -0.39 is 6.10 Å². The number of guanidine groups is 1. The summed E-state index contributed by atoms with van der Waals surface area (Å²) in [6, 6.07) is 8.34. The predicted molar refractivity (Wildman–Crippen MR) is 84.8 cm³/mol. The molecule has 3 N–H and O–H groups in total. The highest BCUT2D eigenvalue weighted by atomic mass is 16.5. The van der Waals surface area contributed by atoms with Crippen LogP contribution in [0.2, 0.25) is 0 Å². The number of hydrogen-bond acceptors (Lipinski definition) is 3. The van der Waals surface area contributed by atoms with E-state index in [-0.39, 0.29) is 6.61 Å². The maximum Gasteiger partial charge on any atom is 0.191 e. The summed E-state index contributed by atoms with van der Waals surface area (Å²) >= 11 is 0. The molecule has 5 heteroatoms. The van der Waals surface area contributed by atoms with E-state index in [0.29, 0.717) is 12.6 Å². The van der Waals surface area contributed by atoms with Gasteiger partial charge in [-0.1, -0.05) is 12.1 Å². The Morgan fingerprint density at radius 1 is 1.48 bits per heavy atom. The van der Waals surface area contributed by atoms with Crippen molar-refractivity contribution in [3.63, 3.8) is 0 Å². The third kappa shape index (κ3) is 6.04. The van der Waals surface area contributed by atoms with Gasteiger partial charge in [-0.25, -0.2) is 0 Å². The molecule has 1 saturated carbocycles. The number of nitrogens with zero attached hydrogens (tertiary/aromatic N) is 1. The molecule has 1 aromatic carbocycles. The van der Waals surface area contributed by atoms with Gasteiger partial charge in [-0.3, -0.25) is 4.99 Å². The highest BCUT2D eigenvalue weighted by Crippen LogP contribution is 2.18. The fraction of sp³-hybridized carbons (Fsp3) is 0.562. The van der Waals surface area contributed by atoms with Crippen LogP contribution in [0.4, 0.5) is 0 Å². The molecule has 21 heavy (non-hydrogen) atoms. The molecule has 1 atom stereocenters. The lowest BCUT2D eigenvalue weighted by atomic mass is 10.2. The molecular formula is C16H25N3O2. The fourth-order valence-corrected chi connectivity index (χ4v) is 1.89. The Labute approximate surface area is 126 Å². The van der Waals surface area contributed by atoms with E-state index in [4.69, 9.17) is 4.74 Å². The van der Waals surface area contributed by atoms with Crippen molar-refractivity contribution in [3.05, 3.63) is 29.8 Å². The van der Waals surface area contributed by atoms with Gasteiger partial charge in [-0.15, -0.1) is 0 Å². The van der Waals surface area contributed by atoms with Gasteiger partial charge in [0.05, 0.1) is 6.54 Å². The highest BCUT2D eigenvalue weighted by molar-refractivity contribution is 5.80. The number of rotatable bonds is 7. The zero-order valence-corrected chi connectivity index (χ0v) is 12.8. The van der Waals surface area contributed by atoms with E-state index in [1.165, 1.54) is 12.8 Å². The number of ether oxygens (including phenoxy) is 1. The predicted octanol–water partition coefficient (Wildman–Crippen LogP) is 1.45. The molecule has 0 bridgehead atoms. The Balaban J connectivity index is 1.75. The molecule has 0 heterocycles. The molecule has 0 saturated heterocycles. The molecule has 1 fully saturated rings. The van der Waals surface area contributed by atoms with Gasteiger partial charge in [-0.05, 0) is 44.4 Å². The van der Waals surface area contributed by atoms with Gasteiger partial charge < -0.3 is 20.5 Å². The van der Waals surface area contributed by atoms with Gasteiger partial charge in [0, 0.05) is 12.6 Å². The minimum Gasteiger partial charge on any atom is -0.491 e. The third-order valence-corrected chi connectivity index (χ3v) is 3.15. The minimum absolute atomic E-state index is 0.246. The van der Waals surface area contributed by atoms with Crippen molar-refractivity contribution in [1.82, 2.24) is 10.6 Å². The van der Waals surface area contributed by atoms with Crippen LogP contribution < -0.4 is 15.4 Å². The summed E-state index contributed by atoms with van der Waals surface area (Å²) < 4.78 is 5.57. The number of nitrogens with one attached hydrogen (secondary N) is 2. The molecule has 1 aliphatic carbocycles. The summed E-state index contributed by atoms with van der Waals surface area (Å²) in [5, 5.41) is 16.5. The molecule has 0 radical (unpaired) electrons. The van der Waals surface area contributed by atoms with Crippen LogP contribution in [0.3, 0.4) is 0 Å². The molecule has 116 valence electrons. The van der Waals surface area contributed by atoms with Crippen LogP contribution in [0.1, 0.15) is 25.3 Å². The number of aryl methyl sites for hydroxylation is 1. The molecule has 0 amide bonds. The van der Waals surface area contributed by atoms with Crippen LogP contribution in [0.15, 0.2) is 29.3 Å². The van der Waals surface area contributed by atoms with Crippen LogP contribution in [0, 0.1) is 6.92 Å². The Morgan fingerprint density at radius 2 is 2.29 bits per heavy atom. The standard InChI is InChI=1S/C16H25N3O2/c1-3-17-16(19-13-7-8-13)18-10-14(20)11-21-15-6-4-5-12(2)9-15/h4-6,9,13-14,20H,3,7-8,10-11H2,1-2H3,(H2,17,18,19)/t14-/m1/s1. The van der Waals surface area contributed by atoms with Crippen molar-refractivity contribution in [1.29, 1.82) is 0 Å². The molecule has 0 aliphatic heterocycles. The number of benzene rings is 1. The summed E-state index contributed by atoms with van der Waals surface area (Å²) in [6.07, 6.45) is 1.78. The molecule has 5 nitrogen and oxygen atoms in total. The quantitative estimate of drug-likeness (QED) is 0.525. The minimum atomic E-state index is -0.611. The van der Waals surface area contributed by atoms with Crippen molar-refractivity contribution in [3.8, 4) is 5.75 Å². The second-order valence-electron chi connectivity index (χ2n) is 5.42. The van der Waals surface area contributed by atoms with E-state index in [0.717, 1.165) is 23.8 Å².